The Bertz CT molecular complexity index is 333. The summed E-state index contributed by atoms with van der Waals surface area (Å²) in [7, 11) is 1.31. The molecule has 4 heteroatoms. The molecular formula is C10H12O4. The van der Waals surface area contributed by atoms with Gasteiger partial charge < -0.3 is 14.9 Å². The third kappa shape index (κ3) is 2.65. The summed E-state index contributed by atoms with van der Waals surface area (Å²) in [5.41, 5.74) is 0.537. The van der Waals surface area contributed by atoms with Gasteiger partial charge in [-0.25, -0.2) is 0 Å². The molecule has 0 saturated carbocycles. The van der Waals surface area contributed by atoms with Crippen molar-refractivity contribution >= 4 is 5.97 Å². The molecule has 14 heavy (non-hydrogen) atoms. The van der Waals surface area contributed by atoms with Crippen LogP contribution in [-0.2, 0) is 16.0 Å². The Morgan fingerprint density at radius 3 is 2.79 bits per heavy atom. The van der Waals surface area contributed by atoms with E-state index < -0.39 is 0 Å². The van der Waals surface area contributed by atoms with E-state index >= 15 is 0 Å². The first-order valence-corrected chi connectivity index (χ1v) is 4.21. The van der Waals surface area contributed by atoms with Gasteiger partial charge in [0, 0.05) is 6.42 Å². The van der Waals surface area contributed by atoms with Gasteiger partial charge in [0.25, 0.3) is 0 Å². The van der Waals surface area contributed by atoms with Gasteiger partial charge in [0.2, 0.25) is 0 Å². The zero-order chi connectivity index (χ0) is 10.6. The fourth-order valence-electron chi connectivity index (χ4n) is 1.11. The Hall–Kier alpha value is -1.71. The number of hydrogen-bond acceptors (Lipinski definition) is 4. The summed E-state index contributed by atoms with van der Waals surface area (Å²) >= 11 is 0. The van der Waals surface area contributed by atoms with E-state index in [0.717, 1.165) is 0 Å². The van der Waals surface area contributed by atoms with Crippen molar-refractivity contribution in [2.75, 3.05) is 7.11 Å². The van der Waals surface area contributed by atoms with Crippen molar-refractivity contribution < 1.29 is 19.7 Å². The predicted molar refractivity (Wildman–Crippen MR) is 50.1 cm³/mol. The van der Waals surface area contributed by atoms with Gasteiger partial charge in [-0.1, -0.05) is 0 Å². The van der Waals surface area contributed by atoms with Gasteiger partial charge in [-0.2, -0.15) is 0 Å². The highest BCUT2D eigenvalue weighted by atomic mass is 16.5. The van der Waals surface area contributed by atoms with Gasteiger partial charge in [-0.15, -0.1) is 0 Å². The smallest absolute Gasteiger partial charge is 0.305 e. The molecule has 0 spiro atoms. The molecule has 1 aromatic rings. The standard InChI is InChI=1S/C10H12O4/c1-14-10(13)5-2-7-6-8(11)3-4-9(7)12/h3-4,6,11-12H,2,5H2,1H3. The number of benzene rings is 1. The summed E-state index contributed by atoms with van der Waals surface area (Å²) in [6.45, 7) is 0. The van der Waals surface area contributed by atoms with Gasteiger partial charge in [-0.05, 0) is 30.2 Å². The summed E-state index contributed by atoms with van der Waals surface area (Å²) in [5, 5.41) is 18.5. The normalized spacial score (nSPS) is 9.79. The van der Waals surface area contributed by atoms with E-state index in [9.17, 15) is 9.90 Å². The van der Waals surface area contributed by atoms with Crippen LogP contribution in [0.2, 0.25) is 0 Å². The maximum atomic E-state index is 10.8. The second-order valence-electron chi connectivity index (χ2n) is 2.89. The Labute approximate surface area is 81.8 Å². The van der Waals surface area contributed by atoms with E-state index in [-0.39, 0.29) is 23.9 Å². The second kappa shape index (κ2) is 4.50. The largest absolute Gasteiger partial charge is 0.508 e. The van der Waals surface area contributed by atoms with Crippen LogP contribution in [0.1, 0.15) is 12.0 Å². The van der Waals surface area contributed by atoms with E-state index in [0.29, 0.717) is 12.0 Å². The summed E-state index contributed by atoms with van der Waals surface area (Å²) < 4.78 is 4.46. The quantitative estimate of drug-likeness (QED) is 0.563. The summed E-state index contributed by atoms with van der Waals surface area (Å²) in [6, 6.07) is 4.21. The number of aromatic hydroxyl groups is 2. The van der Waals surface area contributed by atoms with Crippen LogP contribution in [0, 0.1) is 0 Å². The molecule has 2 N–H and O–H groups in total. The second-order valence-corrected chi connectivity index (χ2v) is 2.89. The average Bonchev–Trinajstić information content (AvgIpc) is 2.19. The lowest BCUT2D eigenvalue weighted by molar-refractivity contribution is -0.140. The zero-order valence-electron chi connectivity index (χ0n) is 7.86. The number of phenolic OH excluding ortho intramolecular Hbond substituents is 2. The van der Waals surface area contributed by atoms with Crippen LogP contribution in [0.5, 0.6) is 11.5 Å². The monoisotopic (exact) mass is 196 g/mol. The van der Waals surface area contributed by atoms with Crippen LogP contribution in [0.15, 0.2) is 18.2 Å². The van der Waals surface area contributed by atoms with Gasteiger partial charge in [-0.3, -0.25) is 4.79 Å². The summed E-state index contributed by atoms with van der Waals surface area (Å²) in [6.07, 6.45) is 0.542. The van der Waals surface area contributed by atoms with E-state index in [1.165, 1.54) is 25.3 Å². The highest BCUT2D eigenvalue weighted by Crippen LogP contribution is 2.23. The number of carbonyl (C=O) groups is 1. The van der Waals surface area contributed by atoms with Gasteiger partial charge >= 0.3 is 5.97 Å². The molecule has 0 unspecified atom stereocenters. The maximum absolute atomic E-state index is 10.8. The summed E-state index contributed by atoms with van der Waals surface area (Å²) in [5.74, 6) is -0.192. The highest BCUT2D eigenvalue weighted by molar-refractivity contribution is 5.69. The molecule has 0 fully saturated rings. The van der Waals surface area contributed by atoms with Crippen molar-refractivity contribution in [2.24, 2.45) is 0 Å². The van der Waals surface area contributed by atoms with Crippen LogP contribution in [-0.4, -0.2) is 23.3 Å². The molecule has 0 aliphatic carbocycles. The molecule has 1 aromatic carbocycles. The van der Waals surface area contributed by atoms with Gasteiger partial charge in [0.15, 0.2) is 0 Å². The molecule has 76 valence electrons. The number of ether oxygens (including phenoxy) is 1. The highest BCUT2D eigenvalue weighted by Gasteiger charge is 2.06. The third-order valence-corrected chi connectivity index (χ3v) is 1.89. The first kappa shape index (κ1) is 10.4. The molecule has 0 aromatic heterocycles. The Morgan fingerprint density at radius 2 is 2.14 bits per heavy atom. The Kier molecular flexibility index (Phi) is 3.34. The third-order valence-electron chi connectivity index (χ3n) is 1.89. The van der Waals surface area contributed by atoms with Crippen molar-refractivity contribution in [3.63, 3.8) is 0 Å². The van der Waals surface area contributed by atoms with Crippen molar-refractivity contribution in [1.29, 1.82) is 0 Å². The molecule has 0 aliphatic rings. The van der Waals surface area contributed by atoms with Crippen molar-refractivity contribution in [1.82, 2.24) is 0 Å². The molecular weight excluding hydrogens is 184 g/mol. The van der Waals surface area contributed by atoms with Crippen LogP contribution in [0.25, 0.3) is 0 Å². The topological polar surface area (TPSA) is 66.8 Å². The number of carbonyl (C=O) groups excluding carboxylic acids is 1. The molecule has 0 bridgehead atoms. The summed E-state index contributed by atoms with van der Waals surface area (Å²) in [4.78, 5) is 10.8. The molecule has 0 saturated heterocycles. The minimum atomic E-state index is -0.340. The number of esters is 1. The molecule has 0 amide bonds. The molecule has 0 aliphatic heterocycles. The van der Waals surface area contributed by atoms with Crippen molar-refractivity contribution in [2.45, 2.75) is 12.8 Å². The van der Waals surface area contributed by atoms with E-state index in [1.807, 2.05) is 0 Å². The van der Waals surface area contributed by atoms with E-state index in [2.05, 4.69) is 4.74 Å². The minimum Gasteiger partial charge on any atom is -0.508 e. The molecule has 0 heterocycles. The van der Waals surface area contributed by atoms with E-state index in [1.54, 1.807) is 0 Å². The van der Waals surface area contributed by atoms with Crippen molar-refractivity contribution in [3.8, 4) is 11.5 Å². The molecule has 4 nitrogen and oxygen atoms in total. The average molecular weight is 196 g/mol. The molecule has 1 rings (SSSR count). The maximum Gasteiger partial charge on any atom is 0.305 e. The predicted octanol–water partition coefficient (Wildman–Crippen LogP) is 1.20. The lowest BCUT2D eigenvalue weighted by Crippen LogP contribution is -2.01. The molecule has 0 radical (unpaired) electrons. The number of hydrogen-bond donors (Lipinski definition) is 2. The first-order valence-electron chi connectivity index (χ1n) is 4.21. The molecule has 0 atom stereocenters. The van der Waals surface area contributed by atoms with Crippen LogP contribution < -0.4 is 0 Å². The number of aryl methyl sites for hydroxylation is 1. The zero-order valence-corrected chi connectivity index (χ0v) is 7.86. The van der Waals surface area contributed by atoms with E-state index in [4.69, 9.17) is 5.11 Å². The van der Waals surface area contributed by atoms with Gasteiger partial charge in [0.1, 0.15) is 11.5 Å². The Balaban J connectivity index is 2.66. The SMILES string of the molecule is COC(=O)CCc1cc(O)ccc1O. The fourth-order valence-corrected chi connectivity index (χ4v) is 1.11. The fraction of sp³-hybridized carbons (Fsp3) is 0.300. The first-order chi connectivity index (χ1) is 6.63. The van der Waals surface area contributed by atoms with Gasteiger partial charge in [0.05, 0.1) is 7.11 Å². The van der Waals surface area contributed by atoms with Crippen LogP contribution in [0.4, 0.5) is 0 Å². The number of methoxy groups -OCH3 is 1. The van der Waals surface area contributed by atoms with Crippen LogP contribution >= 0.6 is 0 Å². The number of phenols is 2. The lowest BCUT2D eigenvalue weighted by Gasteiger charge is -2.03. The van der Waals surface area contributed by atoms with Crippen LogP contribution in [0.3, 0.4) is 0 Å². The number of rotatable bonds is 3. The lowest BCUT2D eigenvalue weighted by atomic mass is 10.1. The van der Waals surface area contributed by atoms with Crippen molar-refractivity contribution in [3.05, 3.63) is 23.8 Å². The Morgan fingerprint density at radius 1 is 1.43 bits per heavy atom. The minimum absolute atomic E-state index is 0.0719.